The van der Waals surface area contributed by atoms with Crippen molar-refractivity contribution in [1.82, 2.24) is 0 Å². The van der Waals surface area contributed by atoms with Gasteiger partial charge in [0.25, 0.3) is 0 Å². The molecule has 2 aliphatic heterocycles. The number of carbonyl (C=O) groups excluding carboxylic acids is 1. The average molecular weight is 509 g/mol. The van der Waals surface area contributed by atoms with E-state index >= 15 is 0 Å². The Labute approximate surface area is 208 Å². The highest BCUT2D eigenvalue weighted by Crippen LogP contribution is 2.52. The van der Waals surface area contributed by atoms with E-state index in [0.717, 1.165) is 5.56 Å². The maximum Gasteiger partial charge on any atom is 0.331 e. The Morgan fingerprint density at radius 2 is 1.86 bits per heavy atom. The molecule has 11 nitrogen and oxygen atoms in total. The summed E-state index contributed by atoms with van der Waals surface area (Å²) in [6, 6.07) is 9.17. The first-order chi connectivity index (χ1) is 17.1. The number of aliphatic hydroxyl groups excluding tert-OH is 4. The lowest BCUT2D eigenvalue weighted by Gasteiger charge is -2.46. The second kappa shape index (κ2) is 10.6. The van der Waals surface area contributed by atoms with E-state index in [-0.39, 0.29) is 6.42 Å². The molecule has 3 aliphatic rings. The quantitative estimate of drug-likeness (QED) is 0.237. The van der Waals surface area contributed by atoms with E-state index in [9.17, 15) is 30.3 Å². The molecular weight excluding hydrogens is 476 g/mol. The number of rotatable bonds is 7. The molecule has 11 heteroatoms. The van der Waals surface area contributed by atoms with Crippen molar-refractivity contribution < 1.29 is 54.0 Å². The summed E-state index contributed by atoms with van der Waals surface area (Å²) in [5.41, 5.74) is -2.23. The van der Waals surface area contributed by atoms with Gasteiger partial charge in [-0.1, -0.05) is 30.3 Å². The number of fused-ring (bicyclic) bond motifs is 1. The summed E-state index contributed by atoms with van der Waals surface area (Å²) >= 11 is 0. The molecule has 0 spiro atoms. The smallest absolute Gasteiger partial charge is 0.331 e. The minimum absolute atomic E-state index is 0.0951. The normalized spacial score (nSPS) is 42.2. The topological polar surface area (TPSA) is 164 Å². The molecule has 5 N–H and O–H groups in total. The van der Waals surface area contributed by atoms with Gasteiger partial charge in [0.1, 0.15) is 35.6 Å². The number of hydrogen-bond donors (Lipinski definition) is 5. The number of esters is 1. The molecule has 0 aromatic heterocycles. The van der Waals surface area contributed by atoms with Crippen LogP contribution in [-0.2, 0) is 28.5 Å². The number of ether oxygens (including phenoxy) is 5. The molecule has 1 aliphatic carbocycles. The zero-order chi connectivity index (χ0) is 26.1. The van der Waals surface area contributed by atoms with Gasteiger partial charge in [-0.15, -0.1) is 0 Å². The maximum absolute atomic E-state index is 12.8. The van der Waals surface area contributed by atoms with Crippen LogP contribution in [0.4, 0.5) is 0 Å². The largest absolute Gasteiger partial charge is 0.472 e. The summed E-state index contributed by atoms with van der Waals surface area (Å²) in [6.45, 7) is 0.973. The van der Waals surface area contributed by atoms with E-state index in [1.54, 1.807) is 13.0 Å². The third-order valence-corrected chi connectivity index (χ3v) is 7.03. The molecule has 1 saturated carbocycles. The Morgan fingerprint density at radius 1 is 1.14 bits per heavy atom. The van der Waals surface area contributed by atoms with Gasteiger partial charge in [0.15, 0.2) is 6.29 Å². The van der Waals surface area contributed by atoms with Gasteiger partial charge in [-0.3, -0.25) is 0 Å². The van der Waals surface area contributed by atoms with Crippen molar-refractivity contribution >= 4 is 12.0 Å². The molecular formula is C25H32O11. The van der Waals surface area contributed by atoms with Gasteiger partial charge in [0.05, 0.1) is 24.9 Å². The molecule has 0 bridgehead atoms. The average Bonchev–Trinajstić information content (AvgIpc) is 3.10. The van der Waals surface area contributed by atoms with Gasteiger partial charge in [0, 0.05) is 19.6 Å². The predicted octanol–water partition coefficient (Wildman–Crippen LogP) is -0.546. The fourth-order valence-corrected chi connectivity index (χ4v) is 5.16. The summed E-state index contributed by atoms with van der Waals surface area (Å²) in [5.74, 6) is -1.71. The van der Waals surface area contributed by atoms with Crippen LogP contribution in [0, 0.1) is 5.92 Å². The van der Waals surface area contributed by atoms with Crippen molar-refractivity contribution in [3.8, 4) is 0 Å². The highest BCUT2D eigenvalue weighted by molar-refractivity contribution is 5.87. The molecule has 0 unspecified atom stereocenters. The van der Waals surface area contributed by atoms with E-state index in [1.807, 2.05) is 30.3 Å². The Kier molecular flexibility index (Phi) is 7.83. The molecule has 1 aromatic carbocycles. The van der Waals surface area contributed by atoms with Gasteiger partial charge >= 0.3 is 5.97 Å². The van der Waals surface area contributed by atoms with Crippen LogP contribution in [0.3, 0.4) is 0 Å². The Balaban J connectivity index is 1.58. The third-order valence-electron chi connectivity index (χ3n) is 7.03. The fourth-order valence-electron chi connectivity index (χ4n) is 5.16. The van der Waals surface area contributed by atoms with E-state index in [4.69, 9.17) is 23.7 Å². The molecule has 0 amide bonds. The Hall–Kier alpha value is -2.35. The minimum atomic E-state index is -1.69. The molecule has 1 aromatic rings. The van der Waals surface area contributed by atoms with Crippen LogP contribution in [0.25, 0.3) is 6.08 Å². The number of benzene rings is 1. The lowest BCUT2D eigenvalue weighted by Crippen LogP contribution is -2.62. The Bertz CT molecular complexity index is 966. The van der Waals surface area contributed by atoms with Crippen molar-refractivity contribution in [2.75, 3.05) is 13.7 Å². The monoisotopic (exact) mass is 508 g/mol. The molecule has 10 atom stereocenters. The first-order valence-electron chi connectivity index (χ1n) is 11.6. The van der Waals surface area contributed by atoms with E-state index < -0.39 is 72.8 Å². The molecule has 2 heterocycles. The zero-order valence-corrected chi connectivity index (χ0v) is 19.9. The highest BCUT2D eigenvalue weighted by Gasteiger charge is 2.67. The van der Waals surface area contributed by atoms with Crippen molar-refractivity contribution in [2.24, 2.45) is 5.92 Å². The van der Waals surface area contributed by atoms with Crippen LogP contribution < -0.4 is 0 Å². The molecule has 36 heavy (non-hydrogen) atoms. The number of carbonyl (C=O) groups is 1. The summed E-state index contributed by atoms with van der Waals surface area (Å²) in [7, 11) is 1.42. The van der Waals surface area contributed by atoms with Gasteiger partial charge < -0.3 is 49.2 Å². The second-order valence-electron chi connectivity index (χ2n) is 9.41. The highest BCUT2D eigenvalue weighted by atomic mass is 16.8. The molecule has 4 rings (SSSR count). The van der Waals surface area contributed by atoms with Gasteiger partial charge in [-0.25, -0.2) is 4.79 Å². The van der Waals surface area contributed by atoms with Crippen LogP contribution >= 0.6 is 0 Å². The molecule has 0 radical (unpaired) electrons. The first-order valence-corrected chi connectivity index (χ1v) is 11.6. The van der Waals surface area contributed by atoms with Crippen molar-refractivity contribution in [3.05, 3.63) is 54.3 Å². The van der Waals surface area contributed by atoms with Crippen molar-refractivity contribution in [3.63, 3.8) is 0 Å². The summed E-state index contributed by atoms with van der Waals surface area (Å²) in [5, 5.41) is 51.6. The summed E-state index contributed by atoms with van der Waals surface area (Å²) < 4.78 is 28.2. The SMILES string of the molecule is CO[C@@H]1C[C@](C)(OC(=O)/C=C/c2ccccc2)[C@@H]2[C@H](O[C@@H]3O[C@H](CO)[C@@H](O)[C@H](O)[C@H]3O)OC=C[C@@]21O. The molecule has 198 valence electrons. The third kappa shape index (κ3) is 4.93. The van der Waals surface area contributed by atoms with Crippen LogP contribution in [-0.4, -0.2) is 99.5 Å². The van der Waals surface area contributed by atoms with Crippen molar-refractivity contribution in [1.29, 1.82) is 0 Å². The van der Waals surface area contributed by atoms with Gasteiger partial charge in [0.2, 0.25) is 6.29 Å². The second-order valence-corrected chi connectivity index (χ2v) is 9.41. The summed E-state index contributed by atoms with van der Waals surface area (Å²) in [6.07, 6.45) is -4.20. The van der Waals surface area contributed by atoms with Crippen LogP contribution in [0.2, 0.25) is 0 Å². The summed E-state index contributed by atoms with van der Waals surface area (Å²) in [4.78, 5) is 12.8. The minimum Gasteiger partial charge on any atom is -0.472 e. The van der Waals surface area contributed by atoms with E-state index in [1.165, 1.54) is 25.5 Å². The predicted molar refractivity (Wildman–Crippen MR) is 123 cm³/mol. The number of aliphatic hydroxyl groups is 5. The van der Waals surface area contributed by atoms with E-state index in [2.05, 4.69) is 0 Å². The van der Waals surface area contributed by atoms with Crippen LogP contribution in [0.1, 0.15) is 18.9 Å². The van der Waals surface area contributed by atoms with E-state index in [0.29, 0.717) is 0 Å². The maximum atomic E-state index is 12.8. The van der Waals surface area contributed by atoms with Gasteiger partial charge in [-0.05, 0) is 24.6 Å². The lowest BCUT2D eigenvalue weighted by atomic mass is 9.81. The molecule has 2 fully saturated rings. The Morgan fingerprint density at radius 3 is 2.53 bits per heavy atom. The zero-order valence-electron chi connectivity index (χ0n) is 19.9. The lowest BCUT2D eigenvalue weighted by molar-refractivity contribution is -0.351. The standard InChI is InChI=1S/C25H32O11/c1-24(36-17(27)9-8-14-6-4-3-5-7-14)12-16(32-2)25(31)10-11-33-23(21(24)25)35-22-20(30)19(29)18(28)15(13-26)34-22/h3-11,15-16,18-23,26,28-31H,12-13H2,1-2H3/b9-8+/t15-,16-,18-,19+,20-,21+,22+,23+,24+,25+/m1/s1. The fraction of sp³-hybridized carbons (Fsp3) is 0.560. The van der Waals surface area contributed by atoms with Crippen LogP contribution in [0.5, 0.6) is 0 Å². The van der Waals surface area contributed by atoms with Crippen LogP contribution in [0.15, 0.2) is 48.7 Å². The molecule has 1 saturated heterocycles. The first kappa shape index (κ1) is 26.7. The number of methoxy groups -OCH3 is 1. The van der Waals surface area contributed by atoms with Gasteiger partial charge in [-0.2, -0.15) is 0 Å². The number of hydrogen-bond acceptors (Lipinski definition) is 11. The van der Waals surface area contributed by atoms with Crippen molar-refractivity contribution in [2.45, 2.75) is 67.6 Å².